The fraction of sp³-hybridized carbons (Fsp3) is 0.200. The third-order valence-corrected chi connectivity index (χ3v) is 4.90. The van der Waals surface area contributed by atoms with Gasteiger partial charge in [-0.25, -0.2) is 0 Å². The molecule has 4 nitrogen and oxygen atoms in total. The second kappa shape index (κ2) is 7.70. The van der Waals surface area contributed by atoms with Gasteiger partial charge >= 0.3 is 0 Å². The van der Waals surface area contributed by atoms with Crippen LogP contribution in [0, 0.1) is 21.8 Å². The summed E-state index contributed by atoms with van der Waals surface area (Å²) in [6.07, 6.45) is 3.69. The van der Waals surface area contributed by atoms with Crippen LogP contribution >= 0.6 is 22.6 Å². The second-order valence-electron chi connectivity index (χ2n) is 5.99. The van der Waals surface area contributed by atoms with E-state index in [2.05, 4.69) is 34.0 Å². The number of halogens is 1. The van der Waals surface area contributed by atoms with Crippen molar-refractivity contribution in [2.45, 2.75) is 19.8 Å². The Kier molecular flexibility index (Phi) is 5.39. The zero-order valence-corrected chi connectivity index (χ0v) is 16.1. The van der Waals surface area contributed by atoms with Crippen LogP contribution in [0.1, 0.15) is 17.5 Å². The fourth-order valence-corrected chi connectivity index (χ4v) is 3.59. The van der Waals surface area contributed by atoms with Crippen LogP contribution in [0.3, 0.4) is 0 Å². The fourth-order valence-electron chi connectivity index (χ4n) is 2.95. The Bertz CT molecular complexity index is 883. The number of nitrogens with zero attached hydrogens (tertiary/aromatic N) is 2. The van der Waals surface area contributed by atoms with Crippen molar-refractivity contribution in [3.63, 3.8) is 0 Å². The number of rotatable bonds is 3. The topological polar surface area (TPSA) is 56.1 Å². The van der Waals surface area contributed by atoms with Crippen molar-refractivity contribution in [3.05, 3.63) is 68.9 Å². The number of carbonyl (C=O) groups excluding carboxylic acids is 1. The number of hydrogen-bond acceptors (Lipinski definition) is 3. The minimum absolute atomic E-state index is 0.106. The predicted octanol–water partition coefficient (Wildman–Crippen LogP) is 4.40. The van der Waals surface area contributed by atoms with Crippen LogP contribution in [0.5, 0.6) is 0 Å². The standard InChI is InChI=1S/C20H18IN3O/c1-14-11-17(21)8-9-18(14)23-20(25)16(12-22)13-24-10-4-6-15-5-2-3-7-19(15)24/h2-3,5,7-9,11,13H,4,6,10H2,1H3,(H,23,25)/b16-13-. The number of aryl methyl sites for hydroxylation is 2. The average Bonchev–Trinajstić information content (AvgIpc) is 2.62. The Labute approximate surface area is 161 Å². The summed E-state index contributed by atoms with van der Waals surface area (Å²) in [6, 6.07) is 15.9. The van der Waals surface area contributed by atoms with E-state index in [1.165, 1.54) is 5.56 Å². The molecule has 0 saturated carbocycles. The third-order valence-electron chi connectivity index (χ3n) is 4.23. The average molecular weight is 443 g/mol. The zero-order chi connectivity index (χ0) is 17.8. The third kappa shape index (κ3) is 4.02. The molecule has 3 rings (SSSR count). The molecule has 5 heteroatoms. The Hall–Kier alpha value is -2.33. The number of para-hydroxylation sites is 1. The number of nitrogens with one attached hydrogen (secondary N) is 1. The van der Waals surface area contributed by atoms with Crippen LogP contribution in [-0.4, -0.2) is 12.5 Å². The van der Waals surface area contributed by atoms with Gasteiger partial charge in [0.2, 0.25) is 0 Å². The van der Waals surface area contributed by atoms with Crippen molar-refractivity contribution >= 4 is 39.9 Å². The van der Waals surface area contributed by atoms with Gasteiger partial charge in [-0.2, -0.15) is 5.26 Å². The Morgan fingerprint density at radius 2 is 2.12 bits per heavy atom. The highest BCUT2D eigenvalue weighted by molar-refractivity contribution is 14.1. The molecule has 1 N–H and O–H groups in total. The molecule has 0 bridgehead atoms. The molecule has 2 aromatic carbocycles. The summed E-state index contributed by atoms with van der Waals surface area (Å²) in [5.41, 5.74) is 4.12. The van der Waals surface area contributed by atoms with Gasteiger partial charge in [0, 0.05) is 27.7 Å². The second-order valence-corrected chi connectivity index (χ2v) is 7.24. The van der Waals surface area contributed by atoms with E-state index in [0.717, 1.165) is 39.9 Å². The molecule has 0 fully saturated rings. The molecule has 126 valence electrons. The number of fused-ring (bicyclic) bond motifs is 1. The molecule has 0 atom stereocenters. The monoisotopic (exact) mass is 443 g/mol. The van der Waals surface area contributed by atoms with Crippen LogP contribution < -0.4 is 10.2 Å². The van der Waals surface area contributed by atoms with Gasteiger partial charge in [0.25, 0.3) is 5.91 Å². The first-order valence-electron chi connectivity index (χ1n) is 8.12. The molecule has 1 aliphatic heterocycles. The normalized spacial score (nSPS) is 13.8. The van der Waals surface area contributed by atoms with Crippen molar-refractivity contribution in [1.82, 2.24) is 0 Å². The molecular formula is C20H18IN3O. The van der Waals surface area contributed by atoms with Gasteiger partial charge in [-0.3, -0.25) is 4.79 Å². The van der Waals surface area contributed by atoms with Gasteiger partial charge in [0.1, 0.15) is 11.6 Å². The van der Waals surface area contributed by atoms with Gasteiger partial charge in [0.05, 0.1) is 0 Å². The van der Waals surface area contributed by atoms with E-state index in [4.69, 9.17) is 0 Å². The molecule has 0 saturated heterocycles. The van der Waals surface area contributed by atoms with E-state index < -0.39 is 0 Å². The molecule has 1 heterocycles. The maximum absolute atomic E-state index is 12.5. The molecule has 0 unspecified atom stereocenters. The van der Waals surface area contributed by atoms with Gasteiger partial charge in [-0.15, -0.1) is 0 Å². The Balaban J connectivity index is 1.84. The molecule has 0 aromatic heterocycles. The van der Waals surface area contributed by atoms with Crippen molar-refractivity contribution < 1.29 is 4.79 Å². The molecule has 0 aliphatic carbocycles. The summed E-state index contributed by atoms with van der Waals surface area (Å²) >= 11 is 2.23. The molecule has 1 aliphatic rings. The number of amides is 1. The van der Waals surface area contributed by atoms with E-state index in [1.54, 1.807) is 6.20 Å². The zero-order valence-electron chi connectivity index (χ0n) is 13.9. The van der Waals surface area contributed by atoms with E-state index in [1.807, 2.05) is 54.3 Å². The van der Waals surface area contributed by atoms with Crippen molar-refractivity contribution in [1.29, 1.82) is 5.26 Å². The SMILES string of the molecule is Cc1cc(I)ccc1NC(=O)/C(C#N)=C\N1CCCc2ccccc21. The van der Waals surface area contributed by atoms with Crippen LogP contribution in [0.2, 0.25) is 0 Å². The quantitative estimate of drug-likeness (QED) is 0.435. The summed E-state index contributed by atoms with van der Waals surface area (Å²) in [7, 11) is 0. The van der Waals surface area contributed by atoms with Gasteiger partial charge in [0.15, 0.2) is 0 Å². The van der Waals surface area contributed by atoms with Crippen LogP contribution in [-0.2, 0) is 11.2 Å². The van der Waals surface area contributed by atoms with E-state index in [-0.39, 0.29) is 11.5 Å². The minimum atomic E-state index is -0.380. The lowest BCUT2D eigenvalue weighted by Crippen LogP contribution is -2.26. The predicted molar refractivity (Wildman–Crippen MR) is 108 cm³/mol. The van der Waals surface area contributed by atoms with Gasteiger partial charge < -0.3 is 10.2 Å². The van der Waals surface area contributed by atoms with Crippen LogP contribution in [0.15, 0.2) is 54.2 Å². The van der Waals surface area contributed by atoms with Gasteiger partial charge in [-0.05, 0) is 77.7 Å². The maximum Gasteiger partial charge on any atom is 0.267 e. The highest BCUT2D eigenvalue weighted by Gasteiger charge is 2.18. The van der Waals surface area contributed by atoms with Crippen molar-refractivity contribution in [3.8, 4) is 6.07 Å². The number of anilines is 2. The molecular weight excluding hydrogens is 425 g/mol. The number of carbonyl (C=O) groups is 1. The Morgan fingerprint density at radius 3 is 2.88 bits per heavy atom. The summed E-state index contributed by atoms with van der Waals surface area (Å²) in [5.74, 6) is -0.380. The molecule has 25 heavy (non-hydrogen) atoms. The lowest BCUT2D eigenvalue weighted by atomic mass is 10.0. The van der Waals surface area contributed by atoms with Crippen LogP contribution in [0.25, 0.3) is 0 Å². The number of benzene rings is 2. The van der Waals surface area contributed by atoms with E-state index in [9.17, 15) is 10.1 Å². The van der Waals surface area contributed by atoms with Gasteiger partial charge in [-0.1, -0.05) is 18.2 Å². The first-order chi connectivity index (χ1) is 12.1. The van der Waals surface area contributed by atoms with E-state index >= 15 is 0 Å². The first kappa shape index (κ1) is 17.5. The summed E-state index contributed by atoms with van der Waals surface area (Å²) in [5, 5.41) is 12.3. The molecule has 0 radical (unpaired) electrons. The highest BCUT2D eigenvalue weighted by atomic mass is 127. The van der Waals surface area contributed by atoms with Crippen molar-refractivity contribution in [2.75, 3.05) is 16.8 Å². The molecule has 1 amide bonds. The lowest BCUT2D eigenvalue weighted by molar-refractivity contribution is -0.112. The summed E-state index contributed by atoms with van der Waals surface area (Å²) < 4.78 is 1.11. The maximum atomic E-state index is 12.5. The highest BCUT2D eigenvalue weighted by Crippen LogP contribution is 2.27. The number of nitriles is 1. The van der Waals surface area contributed by atoms with E-state index in [0.29, 0.717) is 0 Å². The minimum Gasteiger partial charge on any atom is -0.346 e. The van der Waals surface area contributed by atoms with Crippen molar-refractivity contribution in [2.24, 2.45) is 0 Å². The molecule has 2 aromatic rings. The summed E-state index contributed by atoms with van der Waals surface area (Å²) in [6.45, 7) is 2.74. The Morgan fingerprint density at radius 1 is 1.32 bits per heavy atom. The first-order valence-corrected chi connectivity index (χ1v) is 9.20. The smallest absolute Gasteiger partial charge is 0.267 e. The number of hydrogen-bond donors (Lipinski definition) is 1. The lowest BCUT2D eigenvalue weighted by Gasteiger charge is -2.28. The largest absolute Gasteiger partial charge is 0.346 e. The molecule has 0 spiro atoms. The van der Waals surface area contributed by atoms with Crippen LogP contribution in [0.4, 0.5) is 11.4 Å². The summed E-state index contributed by atoms with van der Waals surface area (Å²) in [4.78, 5) is 14.5.